The third kappa shape index (κ3) is 4.48. The van der Waals surface area contributed by atoms with Crippen molar-refractivity contribution >= 4 is 17.5 Å². The fraction of sp³-hybridized carbons (Fsp3) is 0.381. The van der Waals surface area contributed by atoms with Crippen LogP contribution in [0.3, 0.4) is 0 Å². The lowest BCUT2D eigenvalue weighted by Crippen LogP contribution is -2.51. The lowest BCUT2D eigenvalue weighted by atomic mass is 10.1. The second-order valence-electron chi connectivity index (χ2n) is 7.08. The Bertz CT molecular complexity index is 874. The summed E-state index contributed by atoms with van der Waals surface area (Å²) in [5, 5.41) is 2.63. The molecule has 0 spiro atoms. The van der Waals surface area contributed by atoms with Crippen molar-refractivity contribution < 1.29 is 19.1 Å². The number of amides is 2. The van der Waals surface area contributed by atoms with Gasteiger partial charge in [0.05, 0.1) is 12.2 Å². The fourth-order valence-electron chi connectivity index (χ4n) is 3.17. The molecule has 0 bridgehead atoms. The zero-order valence-corrected chi connectivity index (χ0v) is 16.6. The molecule has 1 fully saturated rings. The molecule has 0 aliphatic carbocycles. The average Bonchev–Trinajstić information content (AvgIpc) is 2.65. The summed E-state index contributed by atoms with van der Waals surface area (Å²) in [6, 6.07) is 9.05. The van der Waals surface area contributed by atoms with Crippen LogP contribution in [-0.4, -0.2) is 47.0 Å². The molecule has 28 heavy (non-hydrogen) atoms. The van der Waals surface area contributed by atoms with Gasteiger partial charge >= 0.3 is 11.8 Å². The maximum atomic E-state index is 12.6. The SMILES string of the molecule is Cc1cccc(Oc2ncccc2NC(=O)C(=O)N2C[C@H](C)O[C@@H](C)C2)c1C. The Morgan fingerprint density at radius 3 is 2.57 bits per heavy atom. The first-order valence-corrected chi connectivity index (χ1v) is 9.30. The lowest BCUT2D eigenvalue weighted by Gasteiger charge is -2.34. The van der Waals surface area contributed by atoms with Gasteiger partial charge in [0.2, 0.25) is 5.88 Å². The van der Waals surface area contributed by atoms with Crippen molar-refractivity contribution in [3.8, 4) is 11.6 Å². The van der Waals surface area contributed by atoms with E-state index in [1.54, 1.807) is 18.3 Å². The minimum Gasteiger partial charge on any atom is -0.437 e. The fourth-order valence-corrected chi connectivity index (χ4v) is 3.17. The highest BCUT2D eigenvalue weighted by Crippen LogP contribution is 2.30. The van der Waals surface area contributed by atoms with Crippen LogP contribution >= 0.6 is 0 Å². The van der Waals surface area contributed by atoms with E-state index in [0.717, 1.165) is 11.1 Å². The van der Waals surface area contributed by atoms with E-state index in [0.29, 0.717) is 24.5 Å². The molecular weight excluding hydrogens is 358 g/mol. The minimum absolute atomic E-state index is 0.109. The van der Waals surface area contributed by atoms with Gasteiger partial charge in [-0.3, -0.25) is 9.59 Å². The van der Waals surface area contributed by atoms with Gasteiger partial charge in [-0.2, -0.15) is 0 Å². The number of carbonyl (C=O) groups is 2. The predicted molar refractivity (Wildman–Crippen MR) is 105 cm³/mol. The van der Waals surface area contributed by atoms with Gasteiger partial charge in [-0.15, -0.1) is 0 Å². The number of aryl methyl sites for hydroxylation is 1. The lowest BCUT2D eigenvalue weighted by molar-refractivity contribution is -0.151. The molecule has 1 aliphatic heterocycles. The number of nitrogens with one attached hydrogen (secondary N) is 1. The van der Waals surface area contributed by atoms with Gasteiger partial charge in [-0.25, -0.2) is 4.98 Å². The Balaban J connectivity index is 1.75. The van der Waals surface area contributed by atoms with Crippen molar-refractivity contribution in [1.82, 2.24) is 9.88 Å². The molecule has 7 heteroatoms. The molecule has 1 saturated heterocycles. The molecule has 148 valence electrons. The molecule has 0 unspecified atom stereocenters. The Kier molecular flexibility index (Phi) is 5.94. The number of ether oxygens (including phenoxy) is 2. The second kappa shape index (κ2) is 8.39. The number of hydrogen-bond acceptors (Lipinski definition) is 5. The highest BCUT2D eigenvalue weighted by Gasteiger charge is 2.30. The van der Waals surface area contributed by atoms with Gasteiger partial charge in [-0.05, 0) is 57.0 Å². The van der Waals surface area contributed by atoms with Gasteiger partial charge in [0.1, 0.15) is 11.4 Å². The number of nitrogens with zero attached hydrogens (tertiary/aromatic N) is 2. The quantitative estimate of drug-likeness (QED) is 0.824. The van der Waals surface area contributed by atoms with Gasteiger partial charge in [0, 0.05) is 19.3 Å². The first kappa shape index (κ1) is 19.8. The smallest absolute Gasteiger partial charge is 0.314 e. The topological polar surface area (TPSA) is 80.8 Å². The van der Waals surface area contributed by atoms with E-state index in [1.807, 2.05) is 45.9 Å². The van der Waals surface area contributed by atoms with E-state index >= 15 is 0 Å². The van der Waals surface area contributed by atoms with Crippen LogP contribution in [-0.2, 0) is 14.3 Å². The maximum absolute atomic E-state index is 12.6. The number of carbonyl (C=O) groups excluding carboxylic acids is 2. The summed E-state index contributed by atoms with van der Waals surface area (Å²) in [7, 11) is 0. The molecule has 2 heterocycles. The summed E-state index contributed by atoms with van der Waals surface area (Å²) in [5.41, 5.74) is 2.42. The van der Waals surface area contributed by atoms with E-state index in [-0.39, 0.29) is 18.1 Å². The Morgan fingerprint density at radius 2 is 1.86 bits per heavy atom. The van der Waals surface area contributed by atoms with Crippen LogP contribution in [0.4, 0.5) is 5.69 Å². The minimum atomic E-state index is -0.722. The van der Waals surface area contributed by atoms with Crippen LogP contribution in [0, 0.1) is 13.8 Å². The van der Waals surface area contributed by atoms with E-state index in [2.05, 4.69) is 10.3 Å². The van der Waals surface area contributed by atoms with Gasteiger partial charge in [0.25, 0.3) is 0 Å². The Hall–Kier alpha value is -2.93. The Morgan fingerprint density at radius 1 is 1.14 bits per heavy atom. The molecule has 1 aromatic heterocycles. The van der Waals surface area contributed by atoms with Crippen molar-refractivity contribution in [3.05, 3.63) is 47.7 Å². The number of rotatable bonds is 3. The van der Waals surface area contributed by atoms with Crippen LogP contribution < -0.4 is 10.1 Å². The highest BCUT2D eigenvalue weighted by molar-refractivity contribution is 6.39. The van der Waals surface area contributed by atoms with Crippen molar-refractivity contribution in [2.24, 2.45) is 0 Å². The molecule has 7 nitrogen and oxygen atoms in total. The number of pyridine rings is 1. The van der Waals surface area contributed by atoms with Crippen LogP contribution in [0.5, 0.6) is 11.6 Å². The summed E-state index contributed by atoms with van der Waals surface area (Å²) >= 11 is 0. The average molecular weight is 383 g/mol. The molecule has 1 aliphatic rings. The van der Waals surface area contributed by atoms with Crippen molar-refractivity contribution in [1.29, 1.82) is 0 Å². The van der Waals surface area contributed by atoms with Crippen molar-refractivity contribution in [3.63, 3.8) is 0 Å². The van der Waals surface area contributed by atoms with Gasteiger partial charge < -0.3 is 19.7 Å². The van der Waals surface area contributed by atoms with Crippen LogP contribution in [0.25, 0.3) is 0 Å². The number of anilines is 1. The van der Waals surface area contributed by atoms with Crippen molar-refractivity contribution in [2.75, 3.05) is 18.4 Å². The second-order valence-corrected chi connectivity index (χ2v) is 7.08. The van der Waals surface area contributed by atoms with Gasteiger partial charge in [0.15, 0.2) is 0 Å². The zero-order chi connectivity index (χ0) is 20.3. The molecule has 1 aromatic carbocycles. The standard InChI is InChI=1S/C21H25N3O4/c1-13-7-5-9-18(16(13)4)28-20-17(8-6-10-22-20)23-19(25)21(26)24-11-14(2)27-15(3)12-24/h5-10,14-15H,11-12H2,1-4H3,(H,23,25)/t14-,15-/m0/s1. The van der Waals surface area contributed by atoms with E-state index < -0.39 is 11.8 Å². The van der Waals surface area contributed by atoms with Crippen LogP contribution in [0.1, 0.15) is 25.0 Å². The molecule has 2 aromatic rings. The molecule has 1 N–H and O–H groups in total. The summed E-state index contributed by atoms with van der Waals surface area (Å²) in [5.74, 6) is -0.430. The van der Waals surface area contributed by atoms with Crippen LogP contribution in [0.15, 0.2) is 36.5 Å². The third-order valence-electron chi connectivity index (χ3n) is 4.68. The first-order chi connectivity index (χ1) is 13.3. The Labute approximate surface area is 164 Å². The van der Waals surface area contributed by atoms with Crippen LogP contribution in [0.2, 0.25) is 0 Å². The predicted octanol–water partition coefficient (Wildman–Crippen LogP) is 3.07. The summed E-state index contributed by atoms with van der Waals surface area (Å²) in [6.07, 6.45) is 1.35. The number of aromatic nitrogens is 1. The monoisotopic (exact) mass is 383 g/mol. The summed E-state index contributed by atoms with van der Waals surface area (Å²) in [6.45, 7) is 8.48. The van der Waals surface area contributed by atoms with Crippen molar-refractivity contribution in [2.45, 2.75) is 39.9 Å². The summed E-state index contributed by atoms with van der Waals surface area (Å²) < 4.78 is 11.5. The highest BCUT2D eigenvalue weighted by atomic mass is 16.5. The number of morpholine rings is 1. The third-order valence-corrected chi connectivity index (χ3v) is 4.68. The van der Waals surface area contributed by atoms with E-state index in [9.17, 15) is 9.59 Å². The molecule has 2 amide bonds. The largest absolute Gasteiger partial charge is 0.437 e. The zero-order valence-electron chi connectivity index (χ0n) is 16.6. The number of benzene rings is 1. The van der Waals surface area contributed by atoms with E-state index in [4.69, 9.17) is 9.47 Å². The summed E-state index contributed by atoms with van der Waals surface area (Å²) in [4.78, 5) is 30.8. The normalized spacial score (nSPS) is 19.2. The molecular formula is C21H25N3O4. The maximum Gasteiger partial charge on any atom is 0.314 e. The molecule has 0 saturated carbocycles. The van der Waals surface area contributed by atoms with Gasteiger partial charge in [-0.1, -0.05) is 12.1 Å². The number of hydrogen-bond donors (Lipinski definition) is 1. The first-order valence-electron chi connectivity index (χ1n) is 9.30. The molecule has 0 radical (unpaired) electrons. The van der Waals surface area contributed by atoms with E-state index in [1.165, 1.54) is 4.90 Å². The molecule has 2 atom stereocenters. The molecule has 3 rings (SSSR count).